The van der Waals surface area contributed by atoms with Crippen LogP contribution in [0.4, 0.5) is 4.39 Å². The number of aliphatic hydroxyl groups excluding tert-OH is 1. The van der Waals surface area contributed by atoms with E-state index in [1.54, 1.807) is 6.07 Å². The van der Waals surface area contributed by atoms with E-state index in [1.807, 2.05) is 13.0 Å². The lowest BCUT2D eigenvalue weighted by atomic mass is 9.92. The lowest BCUT2D eigenvalue weighted by Crippen LogP contribution is -2.42. The summed E-state index contributed by atoms with van der Waals surface area (Å²) in [6.07, 6.45) is 4.99. The predicted octanol–water partition coefficient (Wildman–Crippen LogP) is 2.57. The number of halogens is 1. The normalized spacial score (nSPS) is 24.2. The maximum absolute atomic E-state index is 13.0. The number of benzene rings is 1. The number of hydrogen-bond donors (Lipinski definition) is 2. The van der Waals surface area contributed by atoms with Crippen LogP contribution in [0.15, 0.2) is 18.2 Å². The molecule has 1 fully saturated rings. The average Bonchev–Trinajstić information content (AvgIpc) is 2.34. The van der Waals surface area contributed by atoms with Crippen molar-refractivity contribution in [1.82, 2.24) is 5.32 Å². The fourth-order valence-corrected chi connectivity index (χ4v) is 2.68. The molecule has 1 aromatic carbocycles. The van der Waals surface area contributed by atoms with Crippen molar-refractivity contribution in [3.05, 3.63) is 35.1 Å². The Morgan fingerprint density at radius 1 is 1.33 bits per heavy atom. The van der Waals surface area contributed by atoms with Crippen molar-refractivity contribution in [3.8, 4) is 0 Å². The van der Waals surface area contributed by atoms with Gasteiger partial charge in [-0.1, -0.05) is 18.9 Å². The summed E-state index contributed by atoms with van der Waals surface area (Å²) in [7, 11) is 0. The van der Waals surface area contributed by atoms with E-state index in [4.69, 9.17) is 0 Å². The zero-order chi connectivity index (χ0) is 13.0. The van der Waals surface area contributed by atoms with Crippen LogP contribution in [0.1, 0.15) is 36.8 Å². The number of aryl methyl sites for hydroxylation is 1. The molecule has 1 aromatic rings. The zero-order valence-corrected chi connectivity index (χ0v) is 11.0. The van der Waals surface area contributed by atoms with E-state index in [9.17, 15) is 9.50 Å². The molecular weight excluding hydrogens is 229 g/mol. The molecule has 1 saturated carbocycles. The molecule has 100 valence electrons. The second kappa shape index (κ2) is 6.30. The Morgan fingerprint density at radius 3 is 2.83 bits per heavy atom. The SMILES string of the molecule is Cc1cc(F)ccc1CCN[C@H]1CCCC[C@@H]1O. The van der Waals surface area contributed by atoms with E-state index in [1.165, 1.54) is 18.1 Å². The number of aliphatic hydroxyl groups is 1. The minimum atomic E-state index is -0.201. The minimum Gasteiger partial charge on any atom is -0.392 e. The highest BCUT2D eigenvalue weighted by Gasteiger charge is 2.21. The minimum absolute atomic E-state index is 0.174. The van der Waals surface area contributed by atoms with Crippen LogP contribution < -0.4 is 5.32 Å². The van der Waals surface area contributed by atoms with Gasteiger partial charge in [0.1, 0.15) is 5.82 Å². The molecule has 3 heteroatoms. The summed E-state index contributed by atoms with van der Waals surface area (Å²) < 4.78 is 13.0. The molecule has 2 atom stereocenters. The lowest BCUT2D eigenvalue weighted by Gasteiger charge is -2.28. The molecule has 0 radical (unpaired) electrons. The van der Waals surface area contributed by atoms with Crippen LogP contribution in [0.3, 0.4) is 0 Å². The highest BCUT2D eigenvalue weighted by molar-refractivity contribution is 5.26. The first-order valence-corrected chi connectivity index (χ1v) is 6.83. The van der Waals surface area contributed by atoms with Gasteiger partial charge in [-0.3, -0.25) is 0 Å². The average molecular weight is 251 g/mol. The van der Waals surface area contributed by atoms with Gasteiger partial charge in [-0.2, -0.15) is 0 Å². The van der Waals surface area contributed by atoms with Crippen LogP contribution in [0, 0.1) is 12.7 Å². The molecule has 0 spiro atoms. The Morgan fingerprint density at radius 2 is 2.11 bits per heavy atom. The van der Waals surface area contributed by atoms with Crippen LogP contribution in [0.2, 0.25) is 0 Å². The van der Waals surface area contributed by atoms with Crippen molar-refractivity contribution in [2.75, 3.05) is 6.54 Å². The van der Waals surface area contributed by atoms with Gasteiger partial charge in [0.15, 0.2) is 0 Å². The van der Waals surface area contributed by atoms with Gasteiger partial charge in [0.05, 0.1) is 6.10 Å². The van der Waals surface area contributed by atoms with Gasteiger partial charge in [0.2, 0.25) is 0 Å². The van der Waals surface area contributed by atoms with Crippen molar-refractivity contribution in [2.45, 2.75) is 51.2 Å². The predicted molar refractivity (Wildman–Crippen MR) is 71.1 cm³/mol. The summed E-state index contributed by atoms with van der Waals surface area (Å²) in [6, 6.07) is 5.17. The van der Waals surface area contributed by atoms with Gasteiger partial charge in [-0.15, -0.1) is 0 Å². The first-order valence-electron chi connectivity index (χ1n) is 6.83. The van der Waals surface area contributed by atoms with E-state index in [2.05, 4.69) is 5.32 Å². The molecular formula is C15H22FNO. The second-order valence-electron chi connectivity index (χ2n) is 5.23. The zero-order valence-electron chi connectivity index (χ0n) is 11.0. The van der Waals surface area contributed by atoms with Gasteiger partial charge in [-0.05, 0) is 56.0 Å². The summed E-state index contributed by atoms with van der Waals surface area (Å²) in [6.45, 7) is 2.78. The van der Waals surface area contributed by atoms with Gasteiger partial charge in [0.25, 0.3) is 0 Å². The summed E-state index contributed by atoms with van der Waals surface area (Å²) in [5.74, 6) is -0.174. The number of rotatable bonds is 4. The van der Waals surface area contributed by atoms with Crippen molar-refractivity contribution >= 4 is 0 Å². The Hall–Kier alpha value is -0.930. The topological polar surface area (TPSA) is 32.3 Å². The Kier molecular flexibility index (Phi) is 4.72. The highest BCUT2D eigenvalue weighted by Crippen LogP contribution is 2.18. The third kappa shape index (κ3) is 3.53. The van der Waals surface area contributed by atoms with Crippen LogP contribution >= 0.6 is 0 Å². The quantitative estimate of drug-likeness (QED) is 0.862. The largest absolute Gasteiger partial charge is 0.392 e. The fraction of sp³-hybridized carbons (Fsp3) is 0.600. The molecule has 2 nitrogen and oxygen atoms in total. The molecule has 0 aliphatic heterocycles. The second-order valence-corrected chi connectivity index (χ2v) is 5.23. The van der Waals surface area contributed by atoms with Crippen LogP contribution in [-0.2, 0) is 6.42 Å². The molecule has 1 aliphatic rings. The van der Waals surface area contributed by atoms with E-state index in [0.29, 0.717) is 0 Å². The summed E-state index contributed by atoms with van der Waals surface area (Å²) in [5.41, 5.74) is 2.18. The van der Waals surface area contributed by atoms with Gasteiger partial charge >= 0.3 is 0 Å². The number of hydrogen-bond acceptors (Lipinski definition) is 2. The first-order chi connectivity index (χ1) is 8.66. The first kappa shape index (κ1) is 13.5. The molecule has 0 saturated heterocycles. The van der Waals surface area contributed by atoms with Gasteiger partial charge in [0, 0.05) is 6.04 Å². The summed E-state index contributed by atoms with van der Waals surface area (Å²) >= 11 is 0. The molecule has 1 aliphatic carbocycles. The maximum atomic E-state index is 13.0. The molecule has 0 amide bonds. The van der Waals surface area contributed by atoms with Gasteiger partial charge in [-0.25, -0.2) is 4.39 Å². The Labute approximate surface area is 108 Å². The molecule has 0 bridgehead atoms. The highest BCUT2D eigenvalue weighted by atomic mass is 19.1. The molecule has 18 heavy (non-hydrogen) atoms. The molecule has 2 rings (SSSR count). The Balaban J connectivity index is 1.81. The lowest BCUT2D eigenvalue weighted by molar-refractivity contribution is 0.0914. The maximum Gasteiger partial charge on any atom is 0.123 e. The smallest absolute Gasteiger partial charge is 0.123 e. The Bertz CT molecular complexity index is 394. The van der Waals surface area contributed by atoms with Crippen LogP contribution in [0.25, 0.3) is 0 Å². The van der Waals surface area contributed by atoms with Crippen molar-refractivity contribution < 1.29 is 9.50 Å². The third-order valence-corrected chi connectivity index (χ3v) is 3.83. The van der Waals surface area contributed by atoms with Gasteiger partial charge < -0.3 is 10.4 Å². The van der Waals surface area contributed by atoms with E-state index < -0.39 is 0 Å². The van der Waals surface area contributed by atoms with E-state index in [0.717, 1.165) is 37.8 Å². The monoisotopic (exact) mass is 251 g/mol. The van der Waals surface area contributed by atoms with Crippen molar-refractivity contribution in [1.29, 1.82) is 0 Å². The molecule has 0 aromatic heterocycles. The summed E-state index contributed by atoms with van der Waals surface area (Å²) in [4.78, 5) is 0. The van der Waals surface area contributed by atoms with E-state index in [-0.39, 0.29) is 18.0 Å². The van der Waals surface area contributed by atoms with Crippen LogP contribution in [-0.4, -0.2) is 23.8 Å². The third-order valence-electron chi connectivity index (χ3n) is 3.83. The van der Waals surface area contributed by atoms with Crippen LogP contribution in [0.5, 0.6) is 0 Å². The standard InChI is InChI=1S/C15H22FNO/c1-11-10-13(16)7-6-12(11)8-9-17-14-4-2-3-5-15(14)18/h6-7,10,14-15,17-18H,2-5,8-9H2,1H3/t14-,15-/m0/s1. The molecule has 0 unspecified atom stereocenters. The van der Waals surface area contributed by atoms with E-state index >= 15 is 0 Å². The number of nitrogens with one attached hydrogen (secondary N) is 1. The fourth-order valence-electron chi connectivity index (χ4n) is 2.68. The van der Waals surface area contributed by atoms with Crippen molar-refractivity contribution in [3.63, 3.8) is 0 Å². The molecule has 0 heterocycles. The molecule has 2 N–H and O–H groups in total. The summed E-state index contributed by atoms with van der Waals surface area (Å²) in [5, 5.41) is 13.3. The van der Waals surface area contributed by atoms with Crippen molar-refractivity contribution in [2.24, 2.45) is 0 Å².